The van der Waals surface area contributed by atoms with Crippen molar-refractivity contribution >= 4 is 5.91 Å². The van der Waals surface area contributed by atoms with Gasteiger partial charge in [-0.1, -0.05) is 0 Å². The van der Waals surface area contributed by atoms with Gasteiger partial charge in [0, 0.05) is 12.0 Å². The standard InChI is InChI=1S/C7H4N4O/c8-2-5(3-9)1-6-4-10-11-7(6)12/h4-5H,1H2. The van der Waals surface area contributed by atoms with Crippen molar-refractivity contribution in [1.82, 2.24) is 0 Å². The molecule has 5 heteroatoms. The van der Waals surface area contributed by atoms with Gasteiger partial charge in [0.15, 0.2) is 0 Å². The summed E-state index contributed by atoms with van der Waals surface area (Å²) in [5.41, 5.74) is 0.322. The van der Waals surface area contributed by atoms with Gasteiger partial charge < -0.3 is 0 Å². The molecule has 0 fully saturated rings. The maximum atomic E-state index is 10.8. The predicted molar refractivity (Wildman–Crippen MR) is 37.3 cm³/mol. The van der Waals surface area contributed by atoms with E-state index < -0.39 is 11.8 Å². The van der Waals surface area contributed by atoms with Crippen LogP contribution in [0.3, 0.4) is 0 Å². The fourth-order valence-electron chi connectivity index (χ4n) is 0.751. The number of carbonyl (C=O) groups is 1. The zero-order valence-corrected chi connectivity index (χ0v) is 6.06. The van der Waals surface area contributed by atoms with E-state index in [1.54, 1.807) is 12.1 Å². The summed E-state index contributed by atoms with van der Waals surface area (Å²) in [4.78, 5) is 10.8. The number of azo groups is 1. The topological polar surface area (TPSA) is 89.4 Å². The number of nitriles is 2. The lowest BCUT2D eigenvalue weighted by molar-refractivity contribution is -0.114. The van der Waals surface area contributed by atoms with E-state index in [2.05, 4.69) is 10.2 Å². The first kappa shape index (κ1) is 8.09. The summed E-state index contributed by atoms with van der Waals surface area (Å²) in [6.45, 7) is 0. The minimum Gasteiger partial charge on any atom is -0.265 e. The van der Waals surface area contributed by atoms with E-state index in [1.165, 1.54) is 6.20 Å². The van der Waals surface area contributed by atoms with Crippen LogP contribution in [-0.4, -0.2) is 5.91 Å². The van der Waals surface area contributed by atoms with Crippen LogP contribution in [0.1, 0.15) is 6.42 Å². The Labute approximate surface area is 68.6 Å². The maximum Gasteiger partial charge on any atom is 0.293 e. The van der Waals surface area contributed by atoms with Gasteiger partial charge in [-0.25, -0.2) is 0 Å². The number of hydrogen-bond acceptors (Lipinski definition) is 4. The average Bonchev–Trinajstić information content (AvgIpc) is 2.47. The molecule has 58 valence electrons. The molecule has 0 aromatic rings. The van der Waals surface area contributed by atoms with Crippen LogP contribution in [0, 0.1) is 28.6 Å². The van der Waals surface area contributed by atoms with Crippen molar-refractivity contribution in [3.05, 3.63) is 11.8 Å². The van der Waals surface area contributed by atoms with E-state index in [4.69, 9.17) is 10.5 Å². The van der Waals surface area contributed by atoms with Gasteiger partial charge in [-0.2, -0.15) is 15.6 Å². The summed E-state index contributed by atoms with van der Waals surface area (Å²) in [5, 5.41) is 23.4. The molecule has 5 nitrogen and oxygen atoms in total. The SMILES string of the molecule is N#CC(C#N)CC1=CN=NC1=O. The van der Waals surface area contributed by atoms with Gasteiger partial charge in [0.1, 0.15) is 5.92 Å². The molecule has 0 radical (unpaired) electrons. The van der Waals surface area contributed by atoms with E-state index in [0.717, 1.165) is 0 Å². The molecule has 0 bridgehead atoms. The van der Waals surface area contributed by atoms with Crippen molar-refractivity contribution in [3.63, 3.8) is 0 Å². The van der Waals surface area contributed by atoms with Crippen LogP contribution in [0.2, 0.25) is 0 Å². The molecule has 0 unspecified atom stereocenters. The van der Waals surface area contributed by atoms with Crippen LogP contribution < -0.4 is 0 Å². The number of carbonyl (C=O) groups excluding carboxylic acids is 1. The monoisotopic (exact) mass is 160 g/mol. The Hall–Kier alpha value is -2.01. The third-order valence-corrected chi connectivity index (χ3v) is 1.37. The third kappa shape index (κ3) is 1.53. The molecule has 0 spiro atoms. The van der Waals surface area contributed by atoms with E-state index in [-0.39, 0.29) is 6.42 Å². The highest BCUT2D eigenvalue weighted by molar-refractivity contribution is 5.95. The second kappa shape index (κ2) is 3.40. The minimum atomic E-state index is -0.788. The molecule has 1 amide bonds. The van der Waals surface area contributed by atoms with E-state index >= 15 is 0 Å². The molecule has 0 N–H and O–H groups in total. The minimum absolute atomic E-state index is 0.110. The summed E-state index contributed by atoms with van der Waals surface area (Å²) >= 11 is 0. The fraction of sp³-hybridized carbons (Fsp3) is 0.286. The third-order valence-electron chi connectivity index (χ3n) is 1.37. The first-order chi connectivity index (χ1) is 5.77. The van der Waals surface area contributed by atoms with E-state index in [1.807, 2.05) is 0 Å². The van der Waals surface area contributed by atoms with Gasteiger partial charge in [0.25, 0.3) is 5.91 Å². The highest BCUT2D eigenvalue weighted by Gasteiger charge is 2.18. The Morgan fingerprint density at radius 3 is 2.58 bits per heavy atom. The van der Waals surface area contributed by atoms with Crippen molar-refractivity contribution in [2.45, 2.75) is 6.42 Å². The summed E-state index contributed by atoms with van der Waals surface area (Å²) < 4.78 is 0. The van der Waals surface area contributed by atoms with Gasteiger partial charge in [-0.15, -0.1) is 5.11 Å². The van der Waals surface area contributed by atoms with Gasteiger partial charge in [-0.05, 0) is 0 Å². The molecule has 0 aromatic carbocycles. The van der Waals surface area contributed by atoms with Crippen LogP contribution in [-0.2, 0) is 4.79 Å². The maximum absolute atomic E-state index is 10.8. The highest BCUT2D eigenvalue weighted by atomic mass is 16.2. The molecule has 0 saturated heterocycles. The molecule has 0 atom stereocenters. The van der Waals surface area contributed by atoms with Gasteiger partial charge in [0.05, 0.1) is 18.3 Å². The molecular weight excluding hydrogens is 156 g/mol. The van der Waals surface area contributed by atoms with Gasteiger partial charge in [0.2, 0.25) is 0 Å². The van der Waals surface area contributed by atoms with E-state index in [9.17, 15) is 4.79 Å². The van der Waals surface area contributed by atoms with Crippen molar-refractivity contribution in [2.24, 2.45) is 16.1 Å². The van der Waals surface area contributed by atoms with Gasteiger partial charge >= 0.3 is 0 Å². The molecule has 12 heavy (non-hydrogen) atoms. The normalized spacial score (nSPS) is 14.2. The van der Waals surface area contributed by atoms with E-state index in [0.29, 0.717) is 5.57 Å². The molecule has 0 aromatic heterocycles. The molecule has 1 rings (SSSR count). The summed E-state index contributed by atoms with van der Waals surface area (Å²) in [5.74, 6) is -1.24. The number of nitrogens with zero attached hydrogens (tertiary/aromatic N) is 4. The van der Waals surface area contributed by atoms with Crippen LogP contribution >= 0.6 is 0 Å². The molecular formula is C7H4N4O. The molecule has 1 heterocycles. The Morgan fingerprint density at radius 1 is 1.50 bits per heavy atom. The van der Waals surface area contributed by atoms with Crippen molar-refractivity contribution in [1.29, 1.82) is 10.5 Å². The van der Waals surface area contributed by atoms with Crippen LogP contribution in [0.4, 0.5) is 0 Å². The predicted octanol–water partition coefficient (Wildman–Crippen LogP) is 0.916. The van der Waals surface area contributed by atoms with Gasteiger partial charge in [-0.3, -0.25) is 4.79 Å². The lowest BCUT2D eigenvalue weighted by Crippen LogP contribution is -2.01. The van der Waals surface area contributed by atoms with Crippen LogP contribution in [0.5, 0.6) is 0 Å². The van der Waals surface area contributed by atoms with Crippen molar-refractivity contribution in [2.75, 3.05) is 0 Å². The lowest BCUT2D eigenvalue weighted by Gasteiger charge is -1.95. The summed E-state index contributed by atoms with van der Waals surface area (Å²) in [7, 11) is 0. The number of rotatable bonds is 2. The van der Waals surface area contributed by atoms with Crippen LogP contribution in [0.25, 0.3) is 0 Å². The number of hydrogen-bond donors (Lipinski definition) is 0. The average molecular weight is 160 g/mol. The zero-order valence-electron chi connectivity index (χ0n) is 6.06. The first-order valence-corrected chi connectivity index (χ1v) is 3.21. The Bertz CT molecular complexity index is 327. The summed E-state index contributed by atoms with van der Waals surface area (Å²) in [6.07, 6.45) is 1.39. The highest BCUT2D eigenvalue weighted by Crippen LogP contribution is 2.16. The molecule has 0 aliphatic carbocycles. The Morgan fingerprint density at radius 2 is 2.17 bits per heavy atom. The quantitative estimate of drug-likeness (QED) is 0.601. The van der Waals surface area contributed by atoms with Crippen molar-refractivity contribution in [3.8, 4) is 12.1 Å². The lowest BCUT2D eigenvalue weighted by atomic mass is 10.0. The van der Waals surface area contributed by atoms with Crippen LogP contribution in [0.15, 0.2) is 22.0 Å². The summed E-state index contributed by atoms with van der Waals surface area (Å²) in [6, 6.07) is 3.52. The fourth-order valence-corrected chi connectivity index (χ4v) is 0.751. The Balaban J connectivity index is 2.61. The number of amides is 1. The second-order valence-electron chi connectivity index (χ2n) is 2.19. The first-order valence-electron chi connectivity index (χ1n) is 3.21. The molecule has 0 saturated carbocycles. The Kier molecular flexibility index (Phi) is 2.29. The zero-order chi connectivity index (χ0) is 8.97. The second-order valence-corrected chi connectivity index (χ2v) is 2.19. The molecule has 1 aliphatic heterocycles. The van der Waals surface area contributed by atoms with Crippen molar-refractivity contribution < 1.29 is 4.79 Å². The largest absolute Gasteiger partial charge is 0.293 e. The smallest absolute Gasteiger partial charge is 0.265 e. The molecule has 1 aliphatic rings.